The number of carbonyl (C=O) groups is 1. The summed E-state index contributed by atoms with van der Waals surface area (Å²) in [5.41, 5.74) is 2.13. The first-order valence-electron chi connectivity index (χ1n) is 11.5. The lowest BCUT2D eigenvalue weighted by molar-refractivity contribution is -0.116. The second kappa shape index (κ2) is 9.41. The summed E-state index contributed by atoms with van der Waals surface area (Å²) in [6, 6.07) is 0. The summed E-state index contributed by atoms with van der Waals surface area (Å²) in [5.74, 6) is 1.29. The fourth-order valence-corrected chi connectivity index (χ4v) is 6.63. The molecule has 0 saturated carbocycles. The minimum atomic E-state index is -0.106. The smallest absolute Gasteiger partial charge is 0.259 e. The first-order chi connectivity index (χ1) is 15.5. The molecule has 2 N–H and O–H groups in total. The number of piperidine rings is 1. The fourth-order valence-electron chi connectivity index (χ4n) is 4.63. The first-order valence-corrected chi connectivity index (χ1v) is 13.2. The molecular weight excluding hydrogens is 442 g/mol. The van der Waals surface area contributed by atoms with Crippen LogP contribution in [0.2, 0.25) is 0 Å². The van der Waals surface area contributed by atoms with Crippen molar-refractivity contribution in [2.75, 3.05) is 18.4 Å². The summed E-state index contributed by atoms with van der Waals surface area (Å²) >= 11 is 3.10. The summed E-state index contributed by atoms with van der Waals surface area (Å²) in [6.07, 6.45) is 7.47. The topological polar surface area (TPSA) is 91.0 Å². The van der Waals surface area contributed by atoms with Crippen molar-refractivity contribution < 1.29 is 4.79 Å². The summed E-state index contributed by atoms with van der Waals surface area (Å²) in [4.78, 5) is 41.8. The number of hydrogen-bond acceptors (Lipinski definition) is 7. The van der Waals surface area contributed by atoms with Crippen molar-refractivity contribution >= 4 is 43.9 Å². The van der Waals surface area contributed by atoms with Crippen molar-refractivity contribution in [2.24, 2.45) is 5.92 Å². The number of amides is 1. The number of aromatic nitrogens is 3. The second-order valence-corrected chi connectivity index (χ2v) is 11.0. The van der Waals surface area contributed by atoms with Crippen LogP contribution in [-0.4, -0.2) is 38.8 Å². The van der Waals surface area contributed by atoms with Gasteiger partial charge in [0.25, 0.3) is 5.56 Å². The Morgan fingerprint density at radius 2 is 2.06 bits per heavy atom. The molecule has 3 aromatic heterocycles. The SMILES string of the molecule is CC1CCN(Cc2csc(NC(=O)CCc3nc4sc5c(c4c(=O)[nH]3)CCCC5)n2)CC1. The number of likely N-dealkylation sites (tertiary alicyclic amines) is 1. The van der Waals surface area contributed by atoms with Crippen LogP contribution in [0.15, 0.2) is 10.2 Å². The molecule has 1 aliphatic carbocycles. The van der Waals surface area contributed by atoms with Crippen LogP contribution in [0.25, 0.3) is 10.2 Å². The van der Waals surface area contributed by atoms with E-state index in [9.17, 15) is 9.59 Å². The maximum absolute atomic E-state index is 12.7. The molecule has 1 fully saturated rings. The summed E-state index contributed by atoms with van der Waals surface area (Å²) in [5, 5.41) is 6.33. The van der Waals surface area contributed by atoms with E-state index in [1.54, 1.807) is 11.3 Å². The Morgan fingerprint density at radius 3 is 2.91 bits per heavy atom. The third-order valence-corrected chi connectivity index (χ3v) is 8.52. The number of carbonyl (C=O) groups excluding carboxylic acids is 1. The number of aryl methyl sites for hydroxylation is 3. The lowest BCUT2D eigenvalue weighted by Crippen LogP contribution is -2.32. The minimum Gasteiger partial charge on any atom is -0.310 e. The minimum absolute atomic E-state index is 0.0681. The first kappa shape index (κ1) is 21.7. The molecule has 1 aliphatic heterocycles. The van der Waals surface area contributed by atoms with Gasteiger partial charge < -0.3 is 10.3 Å². The van der Waals surface area contributed by atoms with Crippen LogP contribution in [0.5, 0.6) is 0 Å². The highest BCUT2D eigenvalue weighted by atomic mass is 32.1. The van der Waals surface area contributed by atoms with E-state index in [1.165, 1.54) is 41.0 Å². The van der Waals surface area contributed by atoms with E-state index >= 15 is 0 Å². The van der Waals surface area contributed by atoms with Gasteiger partial charge in [0.05, 0.1) is 11.1 Å². The number of nitrogens with one attached hydrogen (secondary N) is 2. The van der Waals surface area contributed by atoms with Crippen LogP contribution < -0.4 is 10.9 Å². The Morgan fingerprint density at radius 1 is 1.25 bits per heavy atom. The van der Waals surface area contributed by atoms with Crippen LogP contribution >= 0.6 is 22.7 Å². The van der Waals surface area contributed by atoms with Gasteiger partial charge in [-0.25, -0.2) is 9.97 Å². The maximum Gasteiger partial charge on any atom is 0.259 e. The average Bonchev–Trinajstić information content (AvgIpc) is 3.38. The van der Waals surface area contributed by atoms with Gasteiger partial charge in [0.15, 0.2) is 5.13 Å². The molecule has 0 atom stereocenters. The number of fused-ring (bicyclic) bond motifs is 3. The Bertz CT molecular complexity index is 1170. The summed E-state index contributed by atoms with van der Waals surface area (Å²) in [6.45, 7) is 5.38. The van der Waals surface area contributed by atoms with E-state index in [-0.39, 0.29) is 17.9 Å². The fraction of sp³-hybridized carbons (Fsp3) is 0.565. The highest BCUT2D eigenvalue weighted by molar-refractivity contribution is 7.18. The zero-order valence-corrected chi connectivity index (χ0v) is 20.0. The molecule has 4 heterocycles. The van der Waals surface area contributed by atoms with Crippen molar-refractivity contribution in [3.63, 3.8) is 0 Å². The van der Waals surface area contributed by atoms with Gasteiger partial charge in [-0.1, -0.05) is 6.92 Å². The van der Waals surface area contributed by atoms with Crippen LogP contribution in [0.4, 0.5) is 5.13 Å². The molecule has 3 aromatic rings. The van der Waals surface area contributed by atoms with Gasteiger partial charge >= 0.3 is 0 Å². The number of thiazole rings is 1. The molecule has 0 radical (unpaired) electrons. The highest BCUT2D eigenvalue weighted by Crippen LogP contribution is 2.33. The standard InChI is InChI=1S/C23H29N5O2S2/c1-14-8-10-28(11-9-14)12-15-13-31-23(24-15)27-19(29)7-6-18-25-21(30)20-16-4-2-3-5-17(16)32-22(20)26-18/h13-14H,2-12H2,1H3,(H,24,27,29)(H,25,26,30). The zero-order chi connectivity index (χ0) is 22.1. The molecule has 9 heteroatoms. The van der Waals surface area contributed by atoms with Gasteiger partial charge in [0, 0.05) is 29.6 Å². The van der Waals surface area contributed by atoms with E-state index < -0.39 is 0 Å². The number of aromatic amines is 1. The molecule has 0 aromatic carbocycles. The average molecular weight is 472 g/mol. The third-order valence-electron chi connectivity index (χ3n) is 6.52. The van der Waals surface area contributed by atoms with Crippen LogP contribution in [0.3, 0.4) is 0 Å². The van der Waals surface area contributed by atoms with Crippen molar-refractivity contribution in [2.45, 2.75) is 64.8 Å². The van der Waals surface area contributed by atoms with Gasteiger partial charge in [-0.2, -0.15) is 0 Å². The normalized spacial score (nSPS) is 17.5. The number of rotatable bonds is 6. The van der Waals surface area contributed by atoms with Gasteiger partial charge in [-0.3, -0.25) is 14.5 Å². The Hall–Kier alpha value is -2.10. The molecular formula is C23H29N5O2S2. The van der Waals surface area contributed by atoms with Crippen LogP contribution in [0.1, 0.15) is 61.0 Å². The van der Waals surface area contributed by atoms with E-state index in [0.717, 1.165) is 60.7 Å². The van der Waals surface area contributed by atoms with E-state index in [4.69, 9.17) is 0 Å². The van der Waals surface area contributed by atoms with E-state index in [1.807, 2.05) is 5.38 Å². The molecule has 170 valence electrons. The van der Waals surface area contributed by atoms with Gasteiger partial charge in [-0.05, 0) is 63.1 Å². The molecule has 0 unspecified atom stereocenters. The van der Waals surface area contributed by atoms with Crippen molar-refractivity contribution in [1.82, 2.24) is 19.9 Å². The molecule has 1 saturated heterocycles. The molecule has 1 amide bonds. The van der Waals surface area contributed by atoms with Crippen LogP contribution in [0, 0.1) is 5.92 Å². The van der Waals surface area contributed by atoms with Crippen LogP contribution in [-0.2, 0) is 30.6 Å². The summed E-state index contributed by atoms with van der Waals surface area (Å²) in [7, 11) is 0. The van der Waals surface area contributed by atoms with Gasteiger partial charge in [-0.15, -0.1) is 22.7 Å². The number of H-pyrrole nitrogens is 1. The Kier molecular flexibility index (Phi) is 6.39. The number of thiophene rings is 1. The molecule has 0 bridgehead atoms. The van der Waals surface area contributed by atoms with E-state index in [2.05, 4.69) is 32.1 Å². The monoisotopic (exact) mass is 471 g/mol. The number of nitrogens with zero attached hydrogens (tertiary/aromatic N) is 3. The third kappa shape index (κ3) is 4.79. The second-order valence-electron chi connectivity index (χ2n) is 9.05. The van der Waals surface area contributed by atoms with Crippen molar-refractivity contribution in [1.29, 1.82) is 0 Å². The van der Waals surface area contributed by atoms with Gasteiger partial charge in [0.2, 0.25) is 5.91 Å². The molecule has 7 nitrogen and oxygen atoms in total. The Balaban J connectivity index is 1.17. The molecule has 2 aliphatic rings. The quantitative estimate of drug-likeness (QED) is 0.564. The predicted molar refractivity (Wildman–Crippen MR) is 130 cm³/mol. The largest absolute Gasteiger partial charge is 0.310 e. The highest BCUT2D eigenvalue weighted by Gasteiger charge is 2.20. The Labute approximate surface area is 195 Å². The van der Waals surface area contributed by atoms with E-state index in [0.29, 0.717) is 17.4 Å². The lowest BCUT2D eigenvalue weighted by atomic mass is 9.97. The summed E-state index contributed by atoms with van der Waals surface area (Å²) < 4.78 is 0. The molecule has 0 spiro atoms. The van der Waals surface area contributed by atoms with Crippen molar-refractivity contribution in [3.05, 3.63) is 37.7 Å². The molecule has 5 rings (SSSR count). The molecule has 32 heavy (non-hydrogen) atoms. The number of hydrogen-bond donors (Lipinski definition) is 2. The maximum atomic E-state index is 12.7. The lowest BCUT2D eigenvalue weighted by Gasteiger charge is -2.29. The number of anilines is 1. The predicted octanol–water partition coefficient (Wildman–Crippen LogP) is 4.12. The zero-order valence-electron chi connectivity index (χ0n) is 18.4. The van der Waals surface area contributed by atoms with Gasteiger partial charge in [0.1, 0.15) is 10.7 Å². The van der Waals surface area contributed by atoms with Crippen molar-refractivity contribution in [3.8, 4) is 0 Å².